The molecule has 1 aliphatic heterocycles. The standard InChI is InChI=1S/C25H46N4O4/c1-7-8-9-10-11-12-13-14-17-29-18-21(27-28-29)15-16-25(19-31-24(5,6)32-20-25)26-22(30)33-23(2,3)4/h18H,7-17,19-20H2,1-6H3,(H,26,30). The molecule has 1 saturated heterocycles. The van der Waals surface area contributed by atoms with E-state index < -0.39 is 23.0 Å². The predicted octanol–water partition coefficient (Wildman–Crippen LogP) is 5.40. The van der Waals surface area contributed by atoms with Crippen molar-refractivity contribution in [3.63, 3.8) is 0 Å². The van der Waals surface area contributed by atoms with Crippen molar-refractivity contribution in [3.8, 4) is 0 Å². The first-order chi connectivity index (χ1) is 15.5. The summed E-state index contributed by atoms with van der Waals surface area (Å²) in [6.45, 7) is 13.1. The number of unbranched alkanes of at least 4 members (excludes halogenated alkanes) is 7. The van der Waals surface area contributed by atoms with E-state index in [2.05, 4.69) is 22.6 Å². The SMILES string of the molecule is CCCCCCCCCCn1cc(CCC2(NC(=O)OC(C)(C)C)COC(C)(C)OC2)nn1. The highest BCUT2D eigenvalue weighted by Gasteiger charge is 2.42. The molecule has 0 aromatic carbocycles. The highest BCUT2D eigenvalue weighted by Crippen LogP contribution is 2.27. The molecule has 0 spiro atoms. The second kappa shape index (κ2) is 12.7. The number of aryl methyl sites for hydroxylation is 2. The van der Waals surface area contributed by atoms with Crippen molar-refractivity contribution in [2.24, 2.45) is 0 Å². The van der Waals surface area contributed by atoms with E-state index in [0.717, 1.165) is 18.7 Å². The van der Waals surface area contributed by atoms with Gasteiger partial charge in [-0.05, 0) is 53.9 Å². The van der Waals surface area contributed by atoms with E-state index in [1.54, 1.807) is 0 Å². The largest absolute Gasteiger partial charge is 0.444 e. The van der Waals surface area contributed by atoms with Gasteiger partial charge in [0.1, 0.15) is 5.60 Å². The Morgan fingerprint density at radius 2 is 1.70 bits per heavy atom. The molecule has 8 nitrogen and oxygen atoms in total. The number of aromatic nitrogens is 3. The molecule has 2 heterocycles. The van der Waals surface area contributed by atoms with Crippen LogP contribution in [0.1, 0.15) is 105 Å². The fraction of sp³-hybridized carbons (Fsp3) is 0.880. The first-order valence-electron chi connectivity index (χ1n) is 12.7. The van der Waals surface area contributed by atoms with Gasteiger partial charge in [-0.15, -0.1) is 5.10 Å². The third-order valence-corrected chi connectivity index (χ3v) is 5.84. The van der Waals surface area contributed by atoms with Crippen LogP contribution in [0.25, 0.3) is 0 Å². The first kappa shape index (κ1) is 27.6. The molecule has 0 atom stereocenters. The number of nitrogens with one attached hydrogen (secondary N) is 1. The molecule has 1 aromatic rings. The van der Waals surface area contributed by atoms with Crippen LogP contribution >= 0.6 is 0 Å². The van der Waals surface area contributed by atoms with E-state index in [9.17, 15) is 4.79 Å². The summed E-state index contributed by atoms with van der Waals surface area (Å²) in [6.07, 6.45) is 13.2. The Kier molecular flexibility index (Phi) is 10.6. The Balaban J connectivity index is 1.81. The average molecular weight is 467 g/mol. The summed E-state index contributed by atoms with van der Waals surface area (Å²) in [5.74, 6) is -0.668. The fourth-order valence-electron chi connectivity index (χ4n) is 3.84. The molecule has 0 bridgehead atoms. The van der Waals surface area contributed by atoms with Crippen LogP contribution in [-0.2, 0) is 27.2 Å². The van der Waals surface area contributed by atoms with Crippen LogP contribution in [0.3, 0.4) is 0 Å². The predicted molar refractivity (Wildman–Crippen MR) is 129 cm³/mol. The number of hydrogen-bond acceptors (Lipinski definition) is 6. The summed E-state index contributed by atoms with van der Waals surface area (Å²) in [5.41, 5.74) is -0.330. The van der Waals surface area contributed by atoms with E-state index >= 15 is 0 Å². The van der Waals surface area contributed by atoms with Crippen molar-refractivity contribution in [2.45, 2.75) is 129 Å². The minimum Gasteiger partial charge on any atom is -0.444 e. The molecule has 2 rings (SSSR count). The molecular weight excluding hydrogens is 420 g/mol. The van der Waals surface area contributed by atoms with Crippen LogP contribution in [0, 0.1) is 0 Å². The maximum absolute atomic E-state index is 12.5. The number of nitrogens with zero attached hydrogens (tertiary/aromatic N) is 3. The lowest BCUT2D eigenvalue weighted by Gasteiger charge is -2.43. The number of ether oxygens (including phenoxy) is 3. The molecule has 190 valence electrons. The molecule has 1 aliphatic rings. The molecular formula is C25H46N4O4. The van der Waals surface area contributed by atoms with Gasteiger partial charge in [0.25, 0.3) is 0 Å². The molecule has 0 unspecified atom stereocenters. The summed E-state index contributed by atoms with van der Waals surface area (Å²) >= 11 is 0. The van der Waals surface area contributed by atoms with Crippen molar-refractivity contribution in [1.29, 1.82) is 0 Å². The summed E-state index contributed by atoms with van der Waals surface area (Å²) in [6, 6.07) is 0. The summed E-state index contributed by atoms with van der Waals surface area (Å²) < 4.78 is 19.2. The molecule has 0 radical (unpaired) electrons. The van der Waals surface area contributed by atoms with Gasteiger partial charge in [0.2, 0.25) is 0 Å². The number of hydrogen-bond donors (Lipinski definition) is 1. The minimum atomic E-state index is -0.668. The number of amides is 1. The number of carbonyl (C=O) groups excluding carboxylic acids is 1. The Morgan fingerprint density at radius 3 is 2.30 bits per heavy atom. The van der Waals surface area contributed by atoms with Crippen molar-refractivity contribution >= 4 is 6.09 Å². The van der Waals surface area contributed by atoms with Crippen LogP contribution in [-0.4, -0.2) is 51.2 Å². The number of alkyl carbamates (subject to hydrolysis) is 1. The van der Waals surface area contributed by atoms with Gasteiger partial charge >= 0.3 is 6.09 Å². The van der Waals surface area contributed by atoms with E-state index in [1.165, 1.54) is 44.9 Å². The third-order valence-electron chi connectivity index (χ3n) is 5.84. The Labute approximate surface area is 200 Å². The average Bonchev–Trinajstić information content (AvgIpc) is 3.17. The van der Waals surface area contributed by atoms with Crippen LogP contribution in [0.2, 0.25) is 0 Å². The van der Waals surface area contributed by atoms with E-state index in [-0.39, 0.29) is 0 Å². The van der Waals surface area contributed by atoms with E-state index in [1.807, 2.05) is 45.5 Å². The second-order valence-corrected chi connectivity index (χ2v) is 10.8. The zero-order valence-corrected chi connectivity index (χ0v) is 21.7. The Hall–Kier alpha value is -1.67. The van der Waals surface area contributed by atoms with Gasteiger partial charge in [-0.25, -0.2) is 4.79 Å². The summed E-state index contributed by atoms with van der Waals surface area (Å²) in [7, 11) is 0. The van der Waals surface area contributed by atoms with Crippen LogP contribution in [0.4, 0.5) is 4.79 Å². The molecule has 1 amide bonds. The van der Waals surface area contributed by atoms with Crippen LogP contribution in [0.5, 0.6) is 0 Å². The van der Waals surface area contributed by atoms with Gasteiger partial charge in [-0.1, -0.05) is 57.1 Å². The fourth-order valence-corrected chi connectivity index (χ4v) is 3.84. The second-order valence-electron chi connectivity index (χ2n) is 10.8. The number of carbonyl (C=O) groups is 1. The van der Waals surface area contributed by atoms with Gasteiger partial charge < -0.3 is 19.5 Å². The van der Waals surface area contributed by atoms with Gasteiger partial charge in [-0.3, -0.25) is 4.68 Å². The van der Waals surface area contributed by atoms with Crippen LogP contribution in [0.15, 0.2) is 6.20 Å². The Morgan fingerprint density at radius 1 is 1.09 bits per heavy atom. The molecule has 33 heavy (non-hydrogen) atoms. The lowest BCUT2D eigenvalue weighted by atomic mass is 9.93. The van der Waals surface area contributed by atoms with Crippen molar-refractivity contribution in [3.05, 3.63) is 11.9 Å². The topological polar surface area (TPSA) is 87.5 Å². The monoisotopic (exact) mass is 466 g/mol. The van der Waals surface area contributed by atoms with E-state index in [0.29, 0.717) is 26.1 Å². The number of rotatable bonds is 13. The van der Waals surface area contributed by atoms with Crippen molar-refractivity contribution < 1.29 is 19.0 Å². The van der Waals surface area contributed by atoms with Gasteiger partial charge in [0.05, 0.1) is 24.4 Å². The van der Waals surface area contributed by atoms with Gasteiger partial charge in [0, 0.05) is 12.7 Å². The summed E-state index contributed by atoms with van der Waals surface area (Å²) in [5, 5.41) is 11.6. The highest BCUT2D eigenvalue weighted by atomic mass is 16.7. The maximum Gasteiger partial charge on any atom is 0.408 e. The normalized spacial score (nSPS) is 17.6. The molecule has 1 N–H and O–H groups in total. The first-order valence-corrected chi connectivity index (χ1v) is 12.7. The minimum absolute atomic E-state index is 0.353. The zero-order chi connectivity index (χ0) is 24.4. The quantitative estimate of drug-likeness (QED) is 0.392. The Bertz CT molecular complexity index is 702. The van der Waals surface area contributed by atoms with Crippen molar-refractivity contribution in [2.75, 3.05) is 13.2 Å². The molecule has 1 aromatic heterocycles. The summed E-state index contributed by atoms with van der Waals surface area (Å²) in [4.78, 5) is 12.5. The van der Waals surface area contributed by atoms with Gasteiger partial charge in [-0.2, -0.15) is 0 Å². The molecule has 1 fully saturated rings. The van der Waals surface area contributed by atoms with Crippen molar-refractivity contribution in [1.82, 2.24) is 20.3 Å². The zero-order valence-electron chi connectivity index (χ0n) is 21.7. The lowest BCUT2D eigenvalue weighted by molar-refractivity contribution is -0.271. The van der Waals surface area contributed by atoms with E-state index in [4.69, 9.17) is 14.2 Å². The lowest BCUT2D eigenvalue weighted by Crippen LogP contribution is -2.61. The van der Waals surface area contributed by atoms with Gasteiger partial charge in [0.15, 0.2) is 5.79 Å². The third kappa shape index (κ3) is 10.9. The molecule has 0 aliphatic carbocycles. The maximum atomic E-state index is 12.5. The molecule has 8 heteroatoms. The highest BCUT2D eigenvalue weighted by molar-refractivity contribution is 5.69. The molecule has 0 saturated carbocycles. The smallest absolute Gasteiger partial charge is 0.408 e. The van der Waals surface area contributed by atoms with Crippen LogP contribution < -0.4 is 5.32 Å².